The van der Waals surface area contributed by atoms with E-state index in [4.69, 9.17) is 9.47 Å². The molecule has 1 saturated heterocycles. The third-order valence-corrected chi connectivity index (χ3v) is 4.82. The monoisotopic (exact) mass is 329 g/mol. The molecule has 0 aliphatic carbocycles. The predicted octanol–water partition coefficient (Wildman–Crippen LogP) is 2.38. The van der Waals surface area contributed by atoms with Crippen molar-refractivity contribution >= 4 is 32.7 Å². The molecule has 1 atom stereocenters. The summed E-state index contributed by atoms with van der Waals surface area (Å²) in [6.07, 6.45) is 0.778. The summed E-state index contributed by atoms with van der Waals surface area (Å²) in [5, 5.41) is 3.49. The molecule has 7 heteroatoms. The number of carbonyl (C=O) groups excluding carboxylic acids is 1. The van der Waals surface area contributed by atoms with E-state index in [1.807, 2.05) is 12.1 Å². The first-order valence-corrected chi connectivity index (χ1v) is 8.28. The SMILES string of the molecule is CC#C[C@H]1CCNC(=O)N1c1nc2c3c(ccc2s1)OCCO3. The number of hydrogen-bond donors (Lipinski definition) is 1. The Morgan fingerprint density at radius 1 is 1.39 bits per heavy atom. The van der Waals surface area contributed by atoms with Crippen molar-refractivity contribution in [3.05, 3.63) is 12.1 Å². The van der Waals surface area contributed by atoms with E-state index in [0.717, 1.165) is 16.6 Å². The summed E-state index contributed by atoms with van der Waals surface area (Å²) < 4.78 is 12.3. The summed E-state index contributed by atoms with van der Waals surface area (Å²) in [5.74, 6) is 7.36. The van der Waals surface area contributed by atoms with Crippen LogP contribution in [-0.4, -0.2) is 36.8 Å². The molecule has 6 nitrogen and oxygen atoms in total. The second-order valence-corrected chi connectivity index (χ2v) is 6.24. The largest absolute Gasteiger partial charge is 0.486 e. The number of carbonyl (C=O) groups is 1. The van der Waals surface area contributed by atoms with Crippen LogP contribution in [0.15, 0.2) is 12.1 Å². The van der Waals surface area contributed by atoms with E-state index in [2.05, 4.69) is 22.1 Å². The molecule has 2 aromatic rings. The molecule has 2 aliphatic heterocycles. The molecule has 0 saturated carbocycles. The van der Waals surface area contributed by atoms with Gasteiger partial charge in [0.25, 0.3) is 0 Å². The number of anilines is 1. The van der Waals surface area contributed by atoms with Crippen molar-refractivity contribution in [2.75, 3.05) is 24.7 Å². The molecular formula is C16H15N3O3S. The van der Waals surface area contributed by atoms with Gasteiger partial charge in [-0.1, -0.05) is 17.3 Å². The number of urea groups is 1. The molecule has 0 radical (unpaired) electrons. The standard InChI is InChI=1S/C16H15N3O3S/c1-2-3-10-6-7-17-15(20)19(10)16-18-13-12(23-16)5-4-11-14(13)22-9-8-21-11/h4-5,10H,6-9H2,1H3,(H,17,20)/t10-/m0/s1. The number of amides is 2. The van der Waals surface area contributed by atoms with Gasteiger partial charge in [-0.05, 0) is 25.5 Å². The van der Waals surface area contributed by atoms with Crippen molar-refractivity contribution < 1.29 is 14.3 Å². The minimum Gasteiger partial charge on any atom is -0.486 e. The first-order valence-electron chi connectivity index (χ1n) is 7.46. The van der Waals surface area contributed by atoms with Crippen molar-refractivity contribution in [1.29, 1.82) is 0 Å². The molecule has 2 aliphatic rings. The Kier molecular flexibility index (Phi) is 3.46. The van der Waals surface area contributed by atoms with Gasteiger partial charge in [0.1, 0.15) is 24.8 Å². The second-order valence-electron chi connectivity index (χ2n) is 5.23. The van der Waals surface area contributed by atoms with Crippen molar-refractivity contribution in [2.24, 2.45) is 0 Å². The van der Waals surface area contributed by atoms with Gasteiger partial charge < -0.3 is 14.8 Å². The fourth-order valence-electron chi connectivity index (χ4n) is 2.79. The smallest absolute Gasteiger partial charge is 0.324 e. The Hall–Kier alpha value is -2.46. The van der Waals surface area contributed by atoms with Gasteiger partial charge >= 0.3 is 6.03 Å². The van der Waals surface area contributed by atoms with Crippen molar-refractivity contribution in [2.45, 2.75) is 19.4 Å². The Labute approximate surface area is 137 Å². The zero-order valence-electron chi connectivity index (χ0n) is 12.6. The molecular weight excluding hydrogens is 314 g/mol. The van der Waals surface area contributed by atoms with Crippen molar-refractivity contribution in [1.82, 2.24) is 10.3 Å². The van der Waals surface area contributed by atoms with Crippen LogP contribution in [-0.2, 0) is 0 Å². The van der Waals surface area contributed by atoms with Gasteiger partial charge in [-0.3, -0.25) is 4.90 Å². The topological polar surface area (TPSA) is 63.7 Å². The molecule has 2 amide bonds. The first-order chi connectivity index (χ1) is 11.3. The number of nitrogens with one attached hydrogen (secondary N) is 1. The molecule has 4 rings (SSSR count). The molecule has 0 bridgehead atoms. The number of hydrogen-bond acceptors (Lipinski definition) is 5. The minimum atomic E-state index is -0.158. The predicted molar refractivity (Wildman–Crippen MR) is 88.3 cm³/mol. The van der Waals surface area contributed by atoms with E-state index in [0.29, 0.717) is 36.4 Å². The number of ether oxygens (including phenoxy) is 2. The highest BCUT2D eigenvalue weighted by atomic mass is 32.1. The molecule has 1 aromatic carbocycles. The molecule has 0 unspecified atom stereocenters. The second kappa shape index (κ2) is 5.63. The molecule has 118 valence electrons. The number of fused-ring (bicyclic) bond motifs is 3. The maximum Gasteiger partial charge on any atom is 0.324 e. The number of rotatable bonds is 1. The Balaban J connectivity index is 1.81. The zero-order chi connectivity index (χ0) is 15.8. The normalized spacial score (nSPS) is 20.0. The Morgan fingerprint density at radius 3 is 3.13 bits per heavy atom. The van der Waals surface area contributed by atoms with E-state index >= 15 is 0 Å². The summed E-state index contributed by atoms with van der Waals surface area (Å²) in [6.45, 7) is 3.46. The molecule has 1 N–H and O–H groups in total. The van der Waals surface area contributed by atoms with Gasteiger partial charge in [-0.25, -0.2) is 9.78 Å². The van der Waals surface area contributed by atoms with Gasteiger partial charge in [-0.2, -0.15) is 0 Å². The number of nitrogens with zero attached hydrogens (tertiary/aromatic N) is 2. The van der Waals surface area contributed by atoms with Crippen LogP contribution in [0.1, 0.15) is 13.3 Å². The van der Waals surface area contributed by atoms with E-state index < -0.39 is 0 Å². The third kappa shape index (κ3) is 2.35. The van der Waals surface area contributed by atoms with Crippen LogP contribution >= 0.6 is 11.3 Å². The van der Waals surface area contributed by atoms with Crippen LogP contribution < -0.4 is 19.7 Å². The number of thiazole rings is 1. The molecule has 1 fully saturated rings. The fourth-order valence-corrected chi connectivity index (χ4v) is 3.80. The van der Waals surface area contributed by atoms with Crippen LogP contribution in [0.5, 0.6) is 11.5 Å². The van der Waals surface area contributed by atoms with Crippen LogP contribution in [0.4, 0.5) is 9.93 Å². The number of aromatic nitrogens is 1. The zero-order valence-corrected chi connectivity index (χ0v) is 13.4. The van der Waals surface area contributed by atoms with Gasteiger partial charge in [0.05, 0.1) is 4.70 Å². The lowest BCUT2D eigenvalue weighted by molar-refractivity contribution is 0.173. The van der Waals surface area contributed by atoms with E-state index in [9.17, 15) is 4.79 Å². The van der Waals surface area contributed by atoms with Gasteiger partial charge in [0.15, 0.2) is 16.6 Å². The lowest BCUT2D eigenvalue weighted by Crippen LogP contribution is -2.52. The summed E-state index contributed by atoms with van der Waals surface area (Å²) in [7, 11) is 0. The van der Waals surface area contributed by atoms with Crippen LogP contribution in [0.25, 0.3) is 10.2 Å². The third-order valence-electron chi connectivity index (χ3n) is 3.80. The molecule has 1 aromatic heterocycles. The van der Waals surface area contributed by atoms with E-state index in [1.54, 1.807) is 11.8 Å². The summed E-state index contributed by atoms with van der Waals surface area (Å²) in [4.78, 5) is 18.6. The Bertz CT molecular complexity index is 836. The van der Waals surface area contributed by atoms with Gasteiger partial charge in [-0.15, -0.1) is 5.92 Å². The van der Waals surface area contributed by atoms with Crippen molar-refractivity contribution in [3.8, 4) is 23.3 Å². The van der Waals surface area contributed by atoms with Gasteiger partial charge in [0.2, 0.25) is 0 Å². The average molecular weight is 329 g/mol. The highest BCUT2D eigenvalue weighted by Gasteiger charge is 2.31. The molecule has 3 heterocycles. The Morgan fingerprint density at radius 2 is 2.26 bits per heavy atom. The quantitative estimate of drug-likeness (QED) is 0.816. The van der Waals surface area contributed by atoms with Gasteiger partial charge in [0, 0.05) is 6.54 Å². The highest BCUT2D eigenvalue weighted by Crippen LogP contribution is 2.42. The van der Waals surface area contributed by atoms with Crippen LogP contribution in [0, 0.1) is 11.8 Å². The minimum absolute atomic E-state index is 0.151. The highest BCUT2D eigenvalue weighted by molar-refractivity contribution is 7.22. The fraction of sp³-hybridized carbons (Fsp3) is 0.375. The average Bonchev–Trinajstić information content (AvgIpc) is 2.99. The molecule has 23 heavy (non-hydrogen) atoms. The lowest BCUT2D eigenvalue weighted by Gasteiger charge is -2.30. The first kappa shape index (κ1) is 14.2. The summed E-state index contributed by atoms with van der Waals surface area (Å²) >= 11 is 1.46. The van der Waals surface area contributed by atoms with Crippen LogP contribution in [0.3, 0.4) is 0 Å². The number of benzene rings is 1. The lowest BCUT2D eigenvalue weighted by atomic mass is 10.1. The maximum atomic E-state index is 12.3. The molecule has 0 spiro atoms. The van der Waals surface area contributed by atoms with Crippen LogP contribution in [0.2, 0.25) is 0 Å². The summed E-state index contributed by atoms with van der Waals surface area (Å²) in [5.41, 5.74) is 0.740. The summed E-state index contributed by atoms with van der Waals surface area (Å²) in [6, 6.07) is 3.53. The van der Waals surface area contributed by atoms with Crippen molar-refractivity contribution in [3.63, 3.8) is 0 Å². The van der Waals surface area contributed by atoms with E-state index in [-0.39, 0.29) is 12.1 Å². The maximum absolute atomic E-state index is 12.3. The van der Waals surface area contributed by atoms with E-state index in [1.165, 1.54) is 11.3 Å².